The summed E-state index contributed by atoms with van der Waals surface area (Å²) >= 11 is 5.95. The first-order chi connectivity index (χ1) is 6.81. The highest BCUT2D eigenvalue weighted by Gasteiger charge is 2.14. The predicted molar refractivity (Wildman–Crippen MR) is 51.1 cm³/mol. The van der Waals surface area contributed by atoms with Crippen LogP contribution in [0.2, 0.25) is 5.02 Å². The maximum absolute atomic E-state index is 8.57. The zero-order chi connectivity index (χ0) is 9.97. The summed E-state index contributed by atoms with van der Waals surface area (Å²) in [7, 11) is 0. The van der Waals surface area contributed by atoms with Crippen molar-refractivity contribution in [2.75, 3.05) is 13.2 Å². The minimum atomic E-state index is 0.287. The fraction of sp³-hybridized carbons (Fsp3) is 0.333. The van der Waals surface area contributed by atoms with Crippen molar-refractivity contribution in [1.29, 1.82) is 0 Å². The van der Waals surface area contributed by atoms with E-state index in [1.165, 1.54) is 0 Å². The van der Waals surface area contributed by atoms with Crippen LogP contribution in [0.5, 0.6) is 11.5 Å². The molecule has 0 amide bonds. The number of nitrogens with one attached hydrogen (secondary N) is 1. The molecule has 1 heterocycles. The summed E-state index contributed by atoms with van der Waals surface area (Å²) in [6.07, 6.45) is 0. The maximum atomic E-state index is 8.57. The van der Waals surface area contributed by atoms with Crippen LogP contribution in [0.15, 0.2) is 12.1 Å². The van der Waals surface area contributed by atoms with Crippen LogP contribution in [0.4, 0.5) is 0 Å². The molecule has 1 aromatic carbocycles. The smallest absolute Gasteiger partial charge is 0.162 e. The number of benzene rings is 1. The van der Waals surface area contributed by atoms with Crippen LogP contribution in [-0.4, -0.2) is 18.4 Å². The number of halogens is 1. The molecule has 0 unspecified atom stereocenters. The van der Waals surface area contributed by atoms with E-state index in [0.29, 0.717) is 29.7 Å². The average Bonchev–Trinajstić information content (AvgIpc) is 2.19. The molecule has 4 nitrogen and oxygen atoms in total. The number of hydroxylamine groups is 1. The molecule has 0 atom stereocenters. The van der Waals surface area contributed by atoms with Crippen molar-refractivity contribution >= 4 is 11.6 Å². The van der Waals surface area contributed by atoms with Gasteiger partial charge in [-0.05, 0) is 11.6 Å². The van der Waals surface area contributed by atoms with E-state index in [-0.39, 0.29) is 6.54 Å². The van der Waals surface area contributed by atoms with Gasteiger partial charge in [-0.2, -0.15) is 0 Å². The second-order valence-electron chi connectivity index (χ2n) is 2.92. The van der Waals surface area contributed by atoms with Crippen molar-refractivity contribution in [2.45, 2.75) is 6.54 Å². The van der Waals surface area contributed by atoms with Gasteiger partial charge in [0.15, 0.2) is 11.5 Å². The Morgan fingerprint density at radius 2 is 1.93 bits per heavy atom. The van der Waals surface area contributed by atoms with Crippen LogP contribution in [-0.2, 0) is 6.54 Å². The van der Waals surface area contributed by atoms with Crippen molar-refractivity contribution in [2.24, 2.45) is 0 Å². The third-order valence-corrected chi connectivity index (χ3v) is 2.33. The zero-order valence-electron chi connectivity index (χ0n) is 7.42. The first kappa shape index (κ1) is 9.58. The molecule has 0 fully saturated rings. The Morgan fingerprint density at radius 1 is 1.29 bits per heavy atom. The van der Waals surface area contributed by atoms with E-state index >= 15 is 0 Å². The molecule has 14 heavy (non-hydrogen) atoms. The lowest BCUT2D eigenvalue weighted by atomic mass is 10.2. The Bertz CT molecular complexity index is 343. The molecule has 0 spiro atoms. The minimum absolute atomic E-state index is 0.287. The molecule has 0 aliphatic carbocycles. The highest BCUT2D eigenvalue weighted by molar-refractivity contribution is 6.31. The van der Waals surface area contributed by atoms with Gasteiger partial charge in [-0.1, -0.05) is 11.6 Å². The Balaban J connectivity index is 2.35. The minimum Gasteiger partial charge on any atom is -0.486 e. The lowest BCUT2D eigenvalue weighted by molar-refractivity contribution is 0.159. The van der Waals surface area contributed by atoms with Crippen LogP contribution in [0.25, 0.3) is 0 Å². The molecule has 0 saturated carbocycles. The number of hydrogen-bond donors (Lipinski definition) is 2. The number of fused-ring (bicyclic) bond motifs is 1. The quantitative estimate of drug-likeness (QED) is 0.736. The molecule has 0 bridgehead atoms. The van der Waals surface area contributed by atoms with Gasteiger partial charge >= 0.3 is 0 Å². The molecule has 2 rings (SSSR count). The van der Waals surface area contributed by atoms with E-state index in [4.69, 9.17) is 26.3 Å². The molecule has 1 aromatic rings. The SMILES string of the molecule is ONCc1cc2c(cc1Cl)OCCO2. The highest BCUT2D eigenvalue weighted by atomic mass is 35.5. The summed E-state index contributed by atoms with van der Waals surface area (Å²) in [6.45, 7) is 1.37. The monoisotopic (exact) mass is 215 g/mol. The van der Waals surface area contributed by atoms with Crippen molar-refractivity contribution in [3.63, 3.8) is 0 Å². The van der Waals surface area contributed by atoms with E-state index in [0.717, 1.165) is 5.56 Å². The second kappa shape index (κ2) is 4.04. The van der Waals surface area contributed by atoms with Gasteiger partial charge in [0.05, 0.1) is 0 Å². The Hall–Kier alpha value is -0.970. The first-order valence-corrected chi connectivity index (χ1v) is 4.64. The van der Waals surface area contributed by atoms with Gasteiger partial charge in [0, 0.05) is 17.6 Å². The van der Waals surface area contributed by atoms with E-state index < -0.39 is 0 Å². The lowest BCUT2D eigenvalue weighted by Crippen LogP contribution is -2.16. The molecule has 0 saturated heterocycles. The van der Waals surface area contributed by atoms with E-state index in [9.17, 15) is 0 Å². The van der Waals surface area contributed by atoms with Gasteiger partial charge in [0.2, 0.25) is 0 Å². The maximum Gasteiger partial charge on any atom is 0.162 e. The summed E-state index contributed by atoms with van der Waals surface area (Å²) in [5.41, 5.74) is 2.83. The predicted octanol–water partition coefficient (Wildman–Crippen LogP) is 1.59. The molecule has 0 aromatic heterocycles. The summed E-state index contributed by atoms with van der Waals surface area (Å²) in [4.78, 5) is 0. The molecule has 2 N–H and O–H groups in total. The van der Waals surface area contributed by atoms with Crippen molar-refractivity contribution in [1.82, 2.24) is 5.48 Å². The first-order valence-electron chi connectivity index (χ1n) is 4.26. The zero-order valence-corrected chi connectivity index (χ0v) is 8.17. The molecule has 1 aliphatic rings. The molecule has 1 aliphatic heterocycles. The average molecular weight is 216 g/mol. The van der Waals surface area contributed by atoms with Crippen molar-refractivity contribution in [3.8, 4) is 11.5 Å². The second-order valence-corrected chi connectivity index (χ2v) is 3.33. The highest BCUT2D eigenvalue weighted by Crippen LogP contribution is 2.35. The number of rotatable bonds is 2. The number of ether oxygens (including phenoxy) is 2. The van der Waals surface area contributed by atoms with Crippen LogP contribution in [0, 0.1) is 0 Å². The van der Waals surface area contributed by atoms with Gasteiger partial charge < -0.3 is 14.7 Å². The molecule has 76 valence electrons. The summed E-state index contributed by atoms with van der Waals surface area (Å²) in [6, 6.07) is 3.46. The lowest BCUT2D eigenvalue weighted by Gasteiger charge is -2.19. The fourth-order valence-corrected chi connectivity index (χ4v) is 1.55. The van der Waals surface area contributed by atoms with E-state index in [2.05, 4.69) is 5.48 Å². The van der Waals surface area contributed by atoms with E-state index in [1.54, 1.807) is 12.1 Å². The van der Waals surface area contributed by atoms with Crippen LogP contribution >= 0.6 is 11.6 Å². The van der Waals surface area contributed by atoms with Gasteiger partial charge in [-0.3, -0.25) is 0 Å². The van der Waals surface area contributed by atoms with Gasteiger partial charge in [-0.25, -0.2) is 5.48 Å². The normalized spacial score (nSPS) is 14.1. The summed E-state index contributed by atoms with van der Waals surface area (Å²) in [5, 5.41) is 9.12. The standard InChI is InChI=1S/C9H10ClNO3/c10-7-4-9-8(13-1-2-14-9)3-6(7)5-11-12/h3-4,11-12H,1-2,5H2. The Kier molecular flexibility index (Phi) is 2.77. The summed E-state index contributed by atoms with van der Waals surface area (Å²) in [5.74, 6) is 1.33. The van der Waals surface area contributed by atoms with Crippen LogP contribution in [0.1, 0.15) is 5.56 Å². The third kappa shape index (κ3) is 1.77. The van der Waals surface area contributed by atoms with Gasteiger partial charge in [0.25, 0.3) is 0 Å². The van der Waals surface area contributed by atoms with Crippen molar-refractivity contribution in [3.05, 3.63) is 22.7 Å². The fourth-order valence-electron chi connectivity index (χ4n) is 1.33. The topological polar surface area (TPSA) is 50.7 Å². The number of hydrogen-bond acceptors (Lipinski definition) is 4. The van der Waals surface area contributed by atoms with Gasteiger partial charge in [0.1, 0.15) is 13.2 Å². The Morgan fingerprint density at radius 3 is 2.57 bits per heavy atom. The molecular formula is C9H10ClNO3. The molecular weight excluding hydrogens is 206 g/mol. The third-order valence-electron chi connectivity index (χ3n) is 1.98. The van der Waals surface area contributed by atoms with E-state index in [1.807, 2.05) is 0 Å². The summed E-state index contributed by atoms with van der Waals surface area (Å²) < 4.78 is 10.7. The molecule has 5 heteroatoms. The van der Waals surface area contributed by atoms with Crippen molar-refractivity contribution < 1.29 is 14.7 Å². The van der Waals surface area contributed by atoms with Crippen LogP contribution in [0.3, 0.4) is 0 Å². The van der Waals surface area contributed by atoms with Gasteiger partial charge in [-0.15, -0.1) is 0 Å². The Labute approximate surface area is 86.3 Å². The molecule has 0 radical (unpaired) electrons. The van der Waals surface area contributed by atoms with Crippen LogP contribution < -0.4 is 15.0 Å². The largest absolute Gasteiger partial charge is 0.486 e.